The minimum atomic E-state index is -0.281. The van der Waals surface area contributed by atoms with Crippen LogP contribution in [0.1, 0.15) is 21.5 Å². The van der Waals surface area contributed by atoms with Crippen molar-refractivity contribution in [3.05, 3.63) is 63.6 Å². The van der Waals surface area contributed by atoms with Crippen molar-refractivity contribution in [2.75, 3.05) is 5.32 Å². The number of rotatable bonds is 3. The van der Waals surface area contributed by atoms with E-state index in [0.717, 1.165) is 15.6 Å². The van der Waals surface area contributed by atoms with Crippen LogP contribution >= 0.6 is 28.1 Å². The summed E-state index contributed by atoms with van der Waals surface area (Å²) in [5.74, 6) is -0.281. The van der Waals surface area contributed by atoms with Gasteiger partial charge in [-0.15, -0.1) is 0 Å². The average molecular weight is 379 g/mol. The first-order chi connectivity index (χ1) is 10.5. The molecule has 0 heterocycles. The van der Waals surface area contributed by atoms with Crippen LogP contribution in [-0.2, 0) is 6.61 Å². The second kappa shape index (κ2) is 7.49. The Labute approximate surface area is 142 Å². The van der Waals surface area contributed by atoms with E-state index >= 15 is 0 Å². The van der Waals surface area contributed by atoms with Crippen molar-refractivity contribution in [2.45, 2.75) is 13.5 Å². The lowest BCUT2D eigenvalue weighted by molar-refractivity contribution is 0.0977. The number of thiocarbonyl (C=S) groups is 1. The van der Waals surface area contributed by atoms with Crippen LogP contribution in [0, 0.1) is 6.92 Å². The fraction of sp³-hybridized carbons (Fsp3) is 0.125. The van der Waals surface area contributed by atoms with Gasteiger partial charge in [0.25, 0.3) is 5.91 Å². The van der Waals surface area contributed by atoms with Crippen molar-refractivity contribution in [1.82, 2.24) is 5.32 Å². The summed E-state index contributed by atoms with van der Waals surface area (Å²) in [6.07, 6.45) is 0. The number of hydrogen-bond acceptors (Lipinski definition) is 3. The monoisotopic (exact) mass is 378 g/mol. The van der Waals surface area contributed by atoms with E-state index in [1.54, 1.807) is 36.4 Å². The third-order valence-corrected chi connectivity index (χ3v) is 4.09. The molecule has 0 atom stereocenters. The summed E-state index contributed by atoms with van der Waals surface area (Å²) in [6, 6.07) is 12.5. The van der Waals surface area contributed by atoms with Crippen molar-refractivity contribution in [2.24, 2.45) is 0 Å². The molecule has 0 saturated heterocycles. The molecule has 3 N–H and O–H groups in total. The molecule has 0 aliphatic heterocycles. The van der Waals surface area contributed by atoms with Crippen LogP contribution in [0.4, 0.5) is 5.69 Å². The molecule has 0 aliphatic carbocycles. The number of hydrogen-bond donors (Lipinski definition) is 3. The molecule has 0 bridgehead atoms. The van der Waals surface area contributed by atoms with Crippen LogP contribution in [0.15, 0.2) is 46.9 Å². The first-order valence-electron chi connectivity index (χ1n) is 6.58. The van der Waals surface area contributed by atoms with Gasteiger partial charge >= 0.3 is 0 Å². The van der Waals surface area contributed by atoms with Gasteiger partial charge in [0.2, 0.25) is 0 Å². The van der Waals surface area contributed by atoms with E-state index < -0.39 is 0 Å². The number of carbonyl (C=O) groups excluding carboxylic acids is 1. The summed E-state index contributed by atoms with van der Waals surface area (Å²) in [5.41, 5.74) is 3.05. The zero-order chi connectivity index (χ0) is 16.1. The maximum atomic E-state index is 12.1. The van der Waals surface area contributed by atoms with E-state index in [9.17, 15) is 4.79 Å². The maximum Gasteiger partial charge on any atom is 0.257 e. The predicted molar refractivity (Wildman–Crippen MR) is 94.9 cm³/mol. The van der Waals surface area contributed by atoms with Gasteiger partial charge in [-0.25, -0.2) is 0 Å². The van der Waals surface area contributed by atoms with Crippen LogP contribution in [-0.4, -0.2) is 16.1 Å². The van der Waals surface area contributed by atoms with Gasteiger partial charge in [0.1, 0.15) is 0 Å². The number of halogens is 1. The molecule has 0 unspecified atom stereocenters. The Morgan fingerprint density at radius 1 is 1.27 bits per heavy atom. The van der Waals surface area contributed by atoms with E-state index in [4.69, 9.17) is 17.3 Å². The molecule has 4 nitrogen and oxygen atoms in total. The molecule has 22 heavy (non-hydrogen) atoms. The number of aryl methyl sites for hydroxylation is 1. The standard InChI is InChI=1S/C16H15BrN2O2S/c1-10-5-6-12(8-14(10)17)15(21)19-16(22)18-13-4-2-3-11(7-13)9-20/h2-8,20H,9H2,1H3,(H2,18,19,21,22). The topological polar surface area (TPSA) is 61.4 Å². The Morgan fingerprint density at radius 2 is 2.05 bits per heavy atom. The van der Waals surface area contributed by atoms with E-state index in [2.05, 4.69) is 26.6 Å². The summed E-state index contributed by atoms with van der Waals surface area (Å²) in [7, 11) is 0. The highest BCUT2D eigenvalue weighted by Gasteiger charge is 2.09. The van der Waals surface area contributed by atoms with Crippen LogP contribution in [0.25, 0.3) is 0 Å². The van der Waals surface area contributed by atoms with Gasteiger partial charge in [-0.2, -0.15) is 0 Å². The van der Waals surface area contributed by atoms with Gasteiger partial charge in [-0.1, -0.05) is 34.1 Å². The van der Waals surface area contributed by atoms with E-state index in [1.165, 1.54) is 0 Å². The predicted octanol–water partition coefficient (Wildman–Crippen LogP) is 3.38. The van der Waals surface area contributed by atoms with Gasteiger partial charge in [0.05, 0.1) is 6.61 Å². The quantitative estimate of drug-likeness (QED) is 0.716. The van der Waals surface area contributed by atoms with Crippen molar-refractivity contribution in [3.63, 3.8) is 0 Å². The van der Waals surface area contributed by atoms with Gasteiger partial charge in [0, 0.05) is 15.7 Å². The largest absolute Gasteiger partial charge is 0.392 e. The SMILES string of the molecule is Cc1ccc(C(=O)NC(=S)Nc2cccc(CO)c2)cc1Br. The number of aliphatic hydroxyl groups excluding tert-OH is 1. The molecule has 1 amide bonds. The Bertz CT molecular complexity index is 719. The Kier molecular flexibility index (Phi) is 5.65. The molecule has 0 aliphatic rings. The lowest BCUT2D eigenvalue weighted by Crippen LogP contribution is -2.34. The number of benzene rings is 2. The molecule has 0 fully saturated rings. The van der Waals surface area contributed by atoms with Crippen LogP contribution in [0.2, 0.25) is 0 Å². The van der Waals surface area contributed by atoms with Crippen LogP contribution in [0.5, 0.6) is 0 Å². The second-order valence-corrected chi connectivity index (χ2v) is 5.99. The average Bonchev–Trinajstić information content (AvgIpc) is 2.50. The van der Waals surface area contributed by atoms with Gasteiger partial charge in [-0.3, -0.25) is 10.1 Å². The van der Waals surface area contributed by atoms with Gasteiger partial charge in [-0.05, 0) is 54.5 Å². The molecular weight excluding hydrogens is 364 g/mol. The number of anilines is 1. The lowest BCUT2D eigenvalue weighted by Gasteiger charge is -2.11. The Hall–Kier alpha value is -1.76. The smallest absolute Gasteiger partial charge is 0.257 e. The van der Waals surface area contributed by atoms with Crippen molar-refractivity contribution >= 4 is 44.9 Å². The fourth-order valence-corrected chi connectivity index (χ4v) is 2.41. The fourth-order valence-electron chi connectivity index (χ4n) is 1.82. The third-order valence-electron chi connectivity index (χ3n) is 3.03. The van der Waals surface area contributed by atoms with Crippen molar-refractivity contribution in [3.8, 4) is 0 Å². The lowest BCUT2D eigenvalue weighted by atomic mass is 10.1. The molecule has 0 radical (unpaired) electrons. The number of amides is 1. The summed E-state index contributed by atoms with van der Waals surface area (Å²) in [4.78, 5) is 12.1. The molecule has 6 heteroatoms. The minimum Gasteiger partial charge on any atom is -0.392 e. The molecule has 114 valence electrons. The van der Waals surface area contributed by atoms with Gasteiger partial charge < -0.3 is 10.4 Å². The maximum absolute atomic E-state index is 12.1. The molecular formula is C16H15BrN2O2S. The summed E-state index contributed by atoms with van der Waals surface area (Å²) >= 11 is 8.53. The molecule has 0 saturated carbocycles. The molecule has 2 rings (SSSR count). The van der Waals surface area contributed by atoms with Crippen molar-refractivity contribution in [1.29, 1.82) is 0 Å². The highest BCUT2D eigenvalue weighted by Crippen LogP contribution is 2.17. The van der Waals surface area contributed by atoms with Gasteiger partial charge in [0.15, 0.2) is 5.11 Å². The first-order valence-corrected chi connectivity index (χ1v) is 7.78. The molecule has 2 aromatic carbocycles. The minimum absolute atomic E-state index is 0.0496. The number of aliphatic hydroxyl groups is 1. The van der Waals surface area contributed by atoms with Crippen LogP contribution in [0.3, 0.4) is 0 Å². The zero-order valence-electron chi connectivity index (χ0n) is 11.9. The number of nitrogens with one attached hydrogen (secondary N) is 2. The third kappa shape index (κ3) is 4.37. The van der Waals surface area contributed by atoms with E-state index in [-0.39, 0.29) is 17.6 Å². The first kappa shape index (κ1) is 16.6. The Morgan fingerprint density at radius 3 is 2.73 bits per heavy atom. The summed E-state index contributed by atoms with van der Waals surface area (Å²) < 4.78 is 0.870. The highest BCUT2D eigenvalue weighted by molar-refractivity contribution is 9.10. The summed E-state index contributed by atoms with van der Waals surface area (Å²) in [5, 5.41) is 14.9. The van der Waals surface area contributed by atoms with Crippen LogP contribution < -0.4 is 10.6 Å². The molecule has 0 aromatic heterocycles. The number of carbonyl (C=O) groups is 1. The van der Waals surface area contributed by atoms with Crippen molar-refractivity contribution < 1.29 is 9.90 Å². The second-order valence-electron chi connectivity index (χ2n) is 4.73. The molecule has 0 spiro atoms. The summed E-state index contributed by atoms with van der Waals surface area (Å²) in [6.45, 7) is 1.90. The molecule has 2 aromatic rings. The normalized spacial score (nSPS) is 10.1. The Balaban J connectivity index is 2.01. The highest BCUT2D eigenvalue weighted by atomic mass is 79.9. The van der Waals surface area contributed by atoms with E-state index in [1.807, 2.05) is 13.0 Å². The van der Waals surface area contributed by atoms with E-state index in [0.29, 0.717) is 11.3 Å². The zero-order valence-corrected chi connectivity index (χ0v) is 14.3.